The van der Waals surface area contributed by atoms with Crippen LogP contribution in [-0.4, -0.2) is 25.8 Å². The van der Waals surface area contributed by atoms with E-state index in [1.807, 2.05) is 26.0 Å². The predicted octanol–water partition coefficient (Wildman–Crippen LogP) is 4.17. The molecule has 140 valence electrons. The fraction of sp³-hybridized carbons (Fsp3) is 0.400. The highest BCUT2D eigenvalue weighted by Crippen LogP contribution is 2.35. The number of amides is 1. The van der Waals surface area contributed by atoms with Crippen molar-refractivity contribution in [1.29, 1.82) is 0 Å². The number of aromatic nitrogens is 4. The Hall–Kier alpha value is -2.96. The number of aryl methyl sites for hydroxylation is 1. The standard InChI is InChI=1S/C20H23N5O2/c1-13-10-16(8-9-17(13)25-12-21-11-22-25)19(26)23-20-14(2)18(24-27-20)15-6-4-3-5-7-15/h8-12,15H,3-7H2,1-2H3,(H,23,26). The Kier molecular flexibility index (Phi) is 4.75. The van der Waals surface area contributed by atoms with Gasteiger partial charge in [-0.2, -0.15) is 5.10 Å². The van der Waals surface area contributed by atoms with Crippen molar-refractivity contribution >= 4 is 11.8 Å². The Labute approximate surface area is 157 Å². The number of rotatable bonds is 4. The van der Waals surface area contributed by atoms with Crippen molar-refractivity contribution in [2.45, 2.75) is 51.9 Å². The molecule has 7 nitrogen and oxygen atoms in total. The quantitative estimate of drug-likeness (QED) is 0.750. The second-order valence-corrected chi connectivity index (χ2v) is 7.15. The Balaban J connectivity index is 1.51. The largest absolute Gasteiger partial charge is 0.338 e. The van der Waals surface area contributed by atoms with Crippen LogP contribution in [-0.2, 0) is 0 Å². The second kappa shape index (κ2) is 7.34. The molecule has 4 rings (SSSR count). The maximum atomic E-state index is 12.7. The molecule has 1 aliphatic carbocycles. The molecule has 0 radical (unpaired) electrons. The summed E-state index contributed by atoms with van der Waals surface area (Å²) in [7, 11) is 0. The van der Waals surface area contributed by atoms with Crippen LogP contribution in [0.25, 0.3) is 5.69 Å². The van der Waals surface area contributed by atoms with Gasteiger partial charge >= 0.3 is 0 Å². The molecule has 1 aromatic carbocycles. The number of hydrogen-bond acceptors (Lipinski definition) is 5. The summed E-state index contributed by atoms with van der Waals surface area (Å²) in [5.74, 6) is 0.675. The number of carbonyl (C=O) groups is 1. The molecule has 1 saturated carbocycles. The molecule has 1 amide bonds. The number of nitrogens with one attached hydrogen (secondary N) is 1. The van der Waals surface area contributed by atoms with Crippen LogP contribution < -0.4 is 5.32 Å². The van der Waals surface area contributed by atoms with Gasteiger partial charge in [0.15, 0.2) is 0 Å². The zero-order chi connectivity index (χ0) is 18.8. The van der Waals surface area contributed by atoms with Gasteiger partial charge in [0, 0.05) is 17.0 Å². The lowest BCUT2D eigenvalue weighted by Gasteiger charge is -2.19. The second-order valence-electron chi connectivity index (χ2n) is 7.15. The highest BCUT2D eigenvalue weighted by Gasteiger charge is 2.24. The molecule has 0 unspecified atom stereocenters. The lowest BCUT2D eigenvalue weighted by atomic mass is 9.86. The van der Waals surface area contributed by atoms with E-state index in [4.69, 9.17) is 4.52 Å². The first kappa shape index (κ1) is 17.5. The van der Waals surface area contributed by atoms with E-state index in [9.17, 15) is 4.79 Å². The van der Waals surface area contributed by atoms with Gasteiger partial charge in [-0.1, -0.05) is 24.4 Å². The van der Waals surface area contributed by atoms with Gasteiger partial charge in [0.1, 0.15) is 12.7 Å². The highest BCUT2D eigenvalue weighted by atomic mass is 16.5. The van der Waals surface area contributed by atoms with Crippen LogP contribution in [0.1, 0.15) is 65.2 Å². The zero-order valence-electron chi connectivity index (χ0n) is 15.6. The predicted molar refractivity (Wildman–Crippen MR) is 101 cm³/mol. The summed E-state index contributed by atoms with van der Waals surface area (Å²) in [6, 6.07) is 5.47. The average Bonchev–Trinajstić information content (AvgIpc) is 3.33. The monoisotopic (exact) mass is 365 g/mol. The Morgan fingerprint density at radius 1 is 1.22 bits per heavy atom. The summed E-state index contributed by atoms with van der Waals surface area (Å²) >= 11 is 0. The Morgan fingerprint density at radius 2 is 2.04 bits per heavy atom. The van der Waals surface area contributed by atoms with E-state index in [0.29, 0.717) is 17.4 Å². The van der Waals surface area contributed by atoms with Crippen LogP contribution in [0.15, 0.2) is 35.4 Å². The van der Waals surface area contributed by atoms with E-state index in [-0.39, 0.29) is 5.91 Å². The lowest BCUT2D eigenvalue weighted by molar-refractivity contribution is 0.102. The van der Waals surface area contributed by atoms with Crippen molar-refractivity contribution in [2.24, 2.45) is 0 Å². The number of carbonyl (C=O) groups excluding carboxylic acids is 1. The molecule has 0 spiro atoms. The molecule has 0 saturated heterocycles. The van der Waals surface area contributed by atoms with Gasteiger partial charge in [-0.15, -0.1) is 0 Å². The van der Waals surface area contributed by atoms with Gasteiger partial charge in [0.25, 0.3) is 5.91 Å². The molecule has 0 aliphatic heterocycles. The molecule has 27 heavy (non-hydrogen) atoms. The minimum Gasteiger partial charge on any atom is -0.338 e. The van der Waals surface area contributed by atoms with Crippen LogP contribution in [0.2, 0.25) is 0 Å². The van der Waals surface area contributed by atoms with Crippen LogP contribution in [0, 0.1) is 13.8 Å². The van der Waals surface area contributed by atoms with Crippen molar-refractivity contribution in [2.75, 3.05) is 5.32 Å². The fourth-order valence-electron chi connectivity index (χ4n) is 3.78. The minimum atomic E-state index is -0.210. The van der Waals surface area contributed by atoms with E-state index in [1.54, 1.807) is 17.1 Å². The maximum absolute atomic E-state index is 12.7. The summed E-state index contributed by atoms with van der Waals surface area (Å²) in [4.78, 5) is 16.6. The van der Waals surface area contributed by atoms with Crippen molar-refractivity contribution in [1.82, 2.24) is 19.9 Å². The summed E-state index contributed by atoms with van der Waals surface area (Å²) in [6.07, 6.45) is 9.16. The molecule has 2 aromatic heterocycles. The fourth-order valence-corrected chi connectivity index (χ4v) is 3.78. The van der Waals surface area contributed by atoms with E-state index >= 15 is 0 Å². The van der Waals surface area contributed by atoms with Crippen LogP contribution in [0.3, 0.4) is 0 Å². The Bertz CT molecular complexity index is 939. The summed E-state index contributed by atoms with van der Waals surface area (Å²) < 4.78 is 7.12. The normalized spacial score (nSPS) is 15.0. The molecular weight excluding hydrogens is 342 g/mol. The third kappa shape index (κ3) is 3.49. The Morgan fingerprint density at radius 3 is 2.74 bits per heavy atom. The summed E-state index contributed by atoms with van der Waals surface area (Å²) in [5.41, 5.74) is 4.31. The molecule has 1 N–H and O–H groups in total. The van der Waals surface area contributed by atoms with Crippen LogP contribution >= 0.6 is 0 Å². The van der Waals surface area contributed by atoms with Crippen LogP contribution in [0.4, 0.5) is 5.88 Å². The number of nitrogens with zero attached hydrogens (tertiary/aromatic N) is 4. The molecule has 2 heterocycles. The first-order chi connectivity index (χ1) is 13.1. The van der Waals surface area contributed by atoms with Gasteiger partial charge in [-0.05, 0) is 50.5 Å². The average molecular weight is 365 g/mol. The molecule has 1 fully saturated rings. The SMILES string of the molecule is Cc1cc(C(=O)Nc2onc(C3CCCCC3)c2C)ccc1-n1cncn1. The molecule has 7 heteroatoms. The highest BCUT2D eigenvalue weighted by molar-refractivity contribution is 6.04. The maximum Gasteiger partial charge on any atom is 0.258 e. The van der Waals surface area contributed by atoms with E-state index in [0.717, 1.165) is 35.3 Å². The van der Waals surface area contributed by atoms with Crippen molar-refractivity contribution in [3.63, 3.8) is 0 Å². The number of anilines is 1. The van der Waals surface area contributed by atoms with Gasteiger partial charge in [0.2, 0.25) is 5.88 Å². The minimum absolute atomic E-state index is 0.210. The first-order valence-electron chi connectivity index (χ1n) is 9.36. The van der Waals surface area contributed by atoms with Crippen LogP contribution in [0.5, 0.6) is 0 Å². The third-order valence-corrected chi connectivity index (χ3v) is 5.30. The van der Waals surface area contributed by atoms with Crippen molar-refractivity contribution in [3.8, 4) is 5.69 Å². The molecule has 0 bridgehead atoms. The van der Waals surface area contributed by atoms with Crippen molar-refractivity contribution in [3.05, 3.63) is 53.2 Å². The van der Waals surface area contributed by atoms with E-state index in [2.05, 4.69) is 20.6 Å². The lowest BCUT2D eigenvalue weighted by Crippen LogP contribution is -2.13. The van der Waals surface area contributed by atoms with Gasteiger partial charge < -0.3 is 4.52 Å². The smallest absolute Gasteiger partial charge is 0.258 e. The zero-order valence-corrected chi connectivity index (χ0v) is 15.6. The molecule has 0 atom stereocenters. The third-order valence-electron chi connectivity index (χ3n) is 5.30. The van der Waals surface area contributed by atoms with Gasteiger partial charge in [-0.25, -0.2) is 9.67 Å². The number of benzene rings is 1. The first-order valence-corrected chi connectivity index (χ1v) is 9.36. The van der Waals surface area contributed by atoms with E-state index < -0.39 is 0 Å². The topological polar surface area (TPSA) is 85.8 Å². The summed E-state index contributed by atoms with van der Waals surface area (Å²) in [6.45, 7) is 3.91. The number of hydrogen-bond donors (Lipinski definition) is 1. The molecule has 3 aromatic rings. The molecular formula is C20H23N5O2. The van der Waals surface area contributed by atoms with Crippen molar-refractivity contribution < 1.29 is 9.32 Å². The van der Waals surface area contributed by atoms with Gasteiger partial charge in [-0.3, -0.25) is 10.1 Å². The molecule has 1 aliphatic rings. The van der Waals surface area contributed by atoms with E-state index in [1.165, 1.54) is 25.6 Å². The van der Waals surface area contributed by atoms with Gasteiger partial charge in [0.05, 0.1) is 11.4 Å². The summed E-state index contributed by atoms with van der Waals surface area (Å²) in [5, 5.41) is 11.2.